The molecule has 9 heteroatoms. The van der Waals surface area contributed by atoms with Crippen LogP contribution in [0.4, 0.5) is 33.6 Å². The molecule has 2 amide bonds. The molecule has 2 atom stereocenters. The molecule has 2 heterocycles. The van der Waals surface area contributed by atoms with Gasteiger partial charge in [-0.3, -0.25) is 9.69 Å². The fraction of sp³-hybridized carbons (Fsp3) is 0.259. The zero-order chi connectivity index (χ0) is 25.7. The highest BCUT2D eigenvalue weighted by molar-refractivity contribution is 5.99. The monoisotopic (exact) mass is 486 g/mol. The fourth-order valence-corrected chi connectivity index (χ4v) is 3.87. The third-order valence-electron chi connectivity index (χ3n) is 5.95. The van der Waals surface area contributed by atoms with E-state index in [9.17, 15) is 9.59 Å². The maximum Gasteiger partial charge on any atom is 0.415 e. The summed E-state index contributed by atoms with van der Waals surface area (Å²) in [4.78, 5) is 34.2. The maximum absolute atomic E-state index is 12.3. The third kappa shape index (κ3) is 5.80. The van der Waals surface area contributed by atoms with Gasteiger partial charge in [-0.1, -0.05) is 32.6 Å². The molecule has 0 spiro atoms. The molecule has 1 fully saturated rings. The molecule has 186 valence electrons. The third-order valence-corrected chi connectivity index (χ3v) is 5.95. The average Bonchev–Trinajstić information content (AvgIpc) is 3.27. The predicted octanol–water partition coefficient (Wildman–Crippen LogP) is 5.50. The van der Waals surface area contributed by atoms with Crippen molar-refractivity contribution in [3.8, 4) is 0 Å². The molecular weight excluding hydrogens is 456 g/mol. The lowest BCUT2D eigenvalue weighted by Crippen LogP contribution is -2.37. The second-order valence-corrected chi connectivity index (χ2v) is 8.88. The molecule has 0 bridgehead atoms. The number of nitrogens with zero attached hydrogens (tertiary/aromatic N) is 3. The van der Waals surface area contributed by atoms with Crippen LogP contribution in [0.2, 0.25) is 0 Å². The number of carbonyl (C=O) groups is 2. The van der Waals surface area contributed by atoms with Gasteiger partial charge in [-0.05, 0) is 66.9 Å². The molecular formula is C27H30N6O3. The number of ether oxygens (including phenoxy) is 1. The molecule has 1 saturated heterocycles. The van der Waals surface area contributed by atoms with Crippen LogP contribution in [0.25, 0.3) is 0 Å². The first kappa shape index (κ1) is 24.7. The number of rotatable bonds is 9. The van der Waals surface area contributed by atoms with Gasteiger partial charge in [0.25, 0.3) is 0 Å². The number of hydrogen-bond donors (Lipinski definition) is 3. The summed E-state index contributed by atoms with van der Waals surface area (Å²) in [5.41, 5.74) is 3.58. The van der Waals surface area contributed by atoms with Crippen LogP contribution in [0.3, 0.4) is 0 Å². The summed E-state index contributed by atoms with van der Waals surface area (Å²) in [5.74, 6) is 0.956. The quantitative estimate of drug-likeness (QED) is 0.343. The van der Waals surface area contributed by atoms with Crippen LogP contribution in [0.15, 0.2) is 73.4 Å². The lowest BCUT2D eigenvalue weighted by Gasteiger charge is -2.23. The first-order valence-electron chi connectivity index (χ1n) is 11.8. The highest BCUT2D eigenvalue weighted by atomic mass is 16.6. The molecule has 1 aliphatic heterocycles. The number of hydrogen-bond acceptors (Lipinski definition) is 7. The van der Waals surface area contributed by atoms with Crippen molar-refractivity contribution in [2.45, 2.75) is 32.9 Å². The van der Waals surface area contributed by atoms with Crippen LogP contribution in [-0.4, -0.2) is 34.6 Å². The standard InChI is InChI=1S/C27H30N6O3/c1-5-25(34)31-22-12-10-21(11-13-22)30-20-8-6-19(7-9-20)18(4)29-26-28-15-14-24(32-26)33-23(17(2)3)16-36-27(33)35/h5-15,17-18,23,30H,1,16H2,2-4H3,(H,31,34)(H,28,29,32)/t18-,23+/m0/s1. The highest BCUT2D eigenvalue weighted by Crippen LogP contribution is 2.27. The Morgan fingerprint density at radius 1 is 1.06 bits per heavy atom. The molecule has 0 radical (unpaired) electrons. The minimum absolute atomic E-state index is 0.0557. The first-order valence-corrected chi connectivity index (χ1v) is 11.8. The second-order valence-electron chi connectivity index (χ2n) is 8.88. The zero-order valence-electron chi connectivity index (χ0n) is 20.6. The van der Waals surface area contributed by atoms with Crippen molar-refractivity contribution in [1.82, 2.24) is 9.97 Å². The van der Waals surface area contributed by atoms with Gasteiger partial charge in [0, 0.05) is 23.3 Å². The molecule has 1 aromatic heterocycles. The number of nitrogens with one attached hydrogen (secondary N) is 3. The number of anilines is 5. The SMILES string of the molecule is C=CC(=O)Nc1ccc(Nc2ccc([C@H](C)Nc3nccc(N4C(=O)OC[C@@H]4C(C)C)n3)cc2)cc1. The van der Waals surface area contributed by atoms with Crippen molar-refractivity contribution in [3.63, 3.8) is 0 Å². The Balaban J connectivity index is 1.39. The minimum atomic E-state index is -0.384. The summed E-state index contributed by atoms with van der Waals surface area (Å²) >= 11 is 0. The molecule has 0 unspecified atom stereocenters. The molecule has 4 rings (SSSR count). The van der Waals surface area contributed by atoms with E-state index in [1.807, 2.05) is 55.5 Å². The Bertz CT molecular complexity index is 1230. The molecule has 3 aromatic rings. The van der Waals surface area contributed by atoms with Gasteiger partial charge in [0.2, 0.25) is 11.9 Å². The van der Waals surface area contributed by atoms with Crippen molar-refractivity contribution >= 4 is 40.8 Å². The van der Waals surface area contributed by atoms with Crippen molar-refractivity contribution in [3.05, 3.63) is 79.0 Å². The largest absolute Gasteiger partial charge is 0.447 e. The van der Waals surface area contributed by atoms with Crippen LogP contribution in [-0.2, 0) is 9.53 Å². The van der Waals surface area contributed by atoms with E-state index in [1.165, 1.54) is 6.08 Å². The molecule has 2 aromatic carbocycles. The van der Waals surface area contributed by atoms with Crippen molar-refractivity contribution in [2.24, 2.45) is 5.92 Å². The second kappa shape index (κ2) is 10.9. The predicted molar refractivity (Wildman–Crippen MR) is 142 cm³/mol. The first-order chi connectivity index (χ1) is 17.3. The number of aromatic nitrogens is 2. The van der Waals surface area contributed by atoms with E-state index < -0.39 is 0 Å². The number of benzene rings is 2. The zero-order valence-corrected chi connectivity index (χ0v) is 20.6. The smallest absolute Gasteiger partial charge is 0.415 e. The Labute approximate surface area is 210 Å². The van der Waals surface area contributed by atoms with Gasteiger partial charge in [0.1, 0.15) is 12.4 Å². The fourth-order valence-electron chi connectivity index (χ4n) is 3.87. The van der Waals surface area contributed by atoms with Gasteiger partial charge in [0.05, 0.1) is 12.1 Å². The van der Waals surface area contributed by atoms with Crippen molar-refractivity contribution < 1.29 is 14.3 Å². The average molecular weight is 487 g/mol. The van der Waals surface area contributed by atoms with E-state index in [2.05, 4.69) is 46.3 Å². The van der Waals surface area contributed by atoms with Crippen molar-refractivity contribution in [1.29, 1.82) is 0 Å². The molecule has 36 heavy (non-hydrogen) atoms. The normalized spacial score (nSPS) is 15.8. The Hall–Kier alpha value is -4.40. The van der Waals surface area contributed by atoms with E-state index in [0.29, 0.717) is 24.1 Å². The van der Waals surface area contributed by atoms with E-state index in [1.54, 1.807) is 17.2 Å². The van der Waals surface area contributed by atoms with Gasteiger partial charge in [0.15, 0.2) is 0 Å². The van der Waals surface area contributed by atoms with Crippen LogP contribution >= 0.6 is 0 Å². The maximum atomic E-state index is 12.3. The molecule has 0 saturated carbocycles. The number of carbonyl (C=O) groups excluding carboxylic acids is 2. The lowest BCUT2D eigenvalue weighted by atomic mass is 10.0. The summed E-state index contributed by atoms with van der Waals surface area (Å²) in [6.07, 6.45) is 2.49. The van der Waals surface area contributed by atoms with Crippen LogP contribution in [0.5, 0.6) is 0 Å². The van der Waals surface area contributed by atoms with E-state index >= 15 is 0 Å². The molecule has 0 aliphatic carbocycles. The van der Waals surface area contributed by atoms with Gasteiger partial charge < -0.3 is 20.7 Å². The Morgan fingerprint density at radius 3 is 2.33 bits per heavy atom. The number of cyclic esters (lactones) is 1. The topological polar surface area (TPSA) is 108 Å². The van der Waals surface area contributed by atoms with Gasteiger partial charge in [-0.25, -0.2) is 9.78 Å². The summed E-state index contributed by atoms with van der Waals surface area (Å²) in [6, 6.07) is 17.1. The van der Waals surface area contributed by atoms with Crippen molar-refractivity contribution in [2.75, 3.05) is 27.5 Å². The van der Waals surface area contributed by atoms with Gasteiger partial charge >= 0.3 is 6.09 Å². The van der Waals surface area contributed by atoms with Crippen LogP contribution < -0.4 is 20.9 Å². The minimum Gasteiger partial charge on any atom is -0.447 e. The van der Waals surface area contributed by atoms with E-state index in [4.69, 9.17) is 4.74 Å². The van der Waals surface area contributed by atoms with Crippen LogP contribution in [0, 0.1) is 5.92 Å². The van der Waals surface area contributed by atoms with E-state index in [-0.39, 0.29) is 30.0 Å². The summed E-state index contributed by atoms with van der Waals surface area (Å²) in [7, 11) is 0. The molecule has 1 aliphatic rings. The molecule has 3 N–H and O–H groups in total. The summed E-state index contributed by atoms with van der Waals surface area (Å²) in [6.45, 7) is 9.94. The summed E-state index contributed by atoms with van der Waals surface area (Å²) in [5, 5.41) is 9.38. The van der Waals surface area contributed by atoms with Gasteiger partial charge in [-0.15, -0.1) is 0 Å². The highest BCUT2D eigenvalue weighted by Gasteiger charge is 2.37. The Kier molecular flexibility index (Phi) is 7.48. The lowest BCUT2D eigenvalue weighted by molar-refractivity contribution is -0.111. The van der Waals surface area contributed by atoms with Crippen LogP contribution in [0.1, 0.15) is 32.4 Å². The number of amides is 2. The summed E-state index contributed by atoms with van der Waals surface area (Å²) < 4.78 is 5.24. The molecule has 9 nitrogen and oxygen atoms in total. The Morgan fingerprint density at radius 2 is 1.69 bits per heavy atom. The van der Waals surface area contributed by atoms with Gasteiger partial charge in [-0.2, -0.15) is 4.98 Å². The van der Waals surface area contributed by atoms with E-state index in [0.717, 1.165) is 16.9 Å².